The molecule has 0 aliphatic rings. The number of ether oxygens (including phenoxy) is 4. The number of nitrogens with one attached hydrogen (secondary N) is 3. The molecular weight excluding hydrogens is 618 g/mol. The number of hydrogen-bond donors (Lipinski definition) is 3. The molecule has 0 bridgehead atoms. The van der Waals surface area contributed by atoms with E-state index in [2.05, 4.69) is 16.0 Å². The van der Waals surface area contributed by atoms with Crippen molar-refractivity contribution < 1.29 is 33.3 Å². The highest BCUT2D eigenvalue weighted by molar-refractivity contribution is 8.00. The minimum Gasteiger partial charge on any atom is -0.497 e. The number of carbonyl (C=O) groups excluding carboxylic acids is 3. The molecule has 11 heteroatoms. The van der Waals surface area contributed by atoms with Gasteiger partial charge in [0.1, 0.15) is 17.2 Å². The average Bonchev–Trinajstić information content (AvgIpc) is 3.10. The van der Waals surface area contributed by atoms with E-state index in [1.807, 2.05) is 13.0 Å². The van der Waals surface area contributed by atoms with E-state index in [1.165, 1.54) is 39.2 Å². The fourth-order valence-electron chi connectivity index (χ4n) is 4.52. The fourth-order valence-corrected chi connectivity index (χ4v) is 5.53. The number of methoxy groups -OCH3 is 4. The zero-order valence-electron chi connectivity index (χ0n) is 26.8. The average molecular weight is 656 g/mol. The van der Waals surface area contributed by atoms with Crippen LogP contribution in [-0.2, 0) is 9.59 Å². The Kier molecular flexibility index (Phi) is 12.3. The lowest BCUT2D eigenvalue weighted by Gasteiger charge is -2.16. The van der Waals surface area contributed by atoms with Gasteiger partial charge in [0.15, 0.2) is 11.5 Å². The molecule has 0 fully saturated rings. The predicted molar refractivity (Wildman–Crippen MR) is 185 cm³/mol. The molecule has 0 aliphatic carbocycles. The molecule has 47 heavy (non-hydrogen) atoms. The maximum atomic E-state index is 13.7. The summed E-state index contributed by atoms with van der Waals surface area (Å²) in [5, 5.41) is 8.16. The summed E-state index contributed by atoms with van der Waals surface area (Å²) in [6, 6.07) is 26.2. The Morgan fingerprint density at radius 1 is 0.723 bits per heavy atom. The highest BCUT2D eigenvalue weighted by Gasteiger charge is 2.20. The Bertz CT molecular complexity index is 1740. The summed E-state index contributed by atoms with van der Waals surface area (Å²) in [6.07, 6.45) is 2.08. The third-order valence-electron chi connectivity index (χ3n) is 6.94. The van der Waals surface area contributed by atoms with Crippen LogP contribution in [0.25, 0.3) is 6.08 Å². The molecule has 1 unspecified atom stereocenters. The maximum absolute atomic E-state index is 13.7. The zero-order chi connectivity index (χ0) is 33.8. The van der Waals surface area contributed by atoms with Crippen molar-refractivity contribution in [1.82, 2.24) is 5.32 Å². The standard InChI is InChI=1S/C36H37N3O7S/c1-6-33(36(42)38-25-14-10-16-27(20-25)43-2)47-28-17-11-15-26(21-28)37-35(41)29(39-34(40)23-12-8-7-9-13-23)18-24-19-31(45-4)32(46-5)22-30(24)44-3/h7-22,33H,6H2,1-5H3,(H,37,41)(H,38,42)(H,39,40)/b29-18+. The Hall–Kier alpha value is -5.42. The first-order valence-electron chi connectivity index (χ1n) is 14.7. The minimum atomic E-state index is -0.573. The van der Waals surface area contributed by atoms with Crippen molar-refractivity contribution in [3.63, 3.8) is 0 Å². The van der Waals surface area contributed by atoms with Crippen molar-refractivity contribution in [3.8, 4) is 23.0 Å². The maximum Gasteiger partial charge on any atom is 0.272 e. The van der Waals surface area contributed by atoms with Gasteiger partial charge in [-0.3, -0.25) is 14.4 Å². The van der Waals surface area contributed by atoms with Crippen LogP contribution in [0, 0.1) is 0 Å². The summed E-state index contributed by atoms with van der Waals surface area (Å²) in [7, 11) is 6.07. The molecule has 3 amide bonds. The van der Waals surface area contributed by atoms with Gasteiger partial charge in [0.05, 0.1) is 33.7 Å². The van der Waals surface area contributed by atoms with Gasteiger partial charge in [-0.15, -0.1) is 11.8 Å². The lowest BCUT2D eigenvalue weighted by molar-refractivity contribution is -0.116. The smallest absolute Gasteiger partial charge is 0.272 e. The van der Waals surface area contributed by atoms with Crippen LogP contribution in [0.4, 0.5) is 11.4 Å². The van der Waals surface area contributed by atoms with Crippen LogP contribution < -0.4 is 34.9 Å². The molecule has 0 radical (unpaired) electrons. The first-order valence-corrected chi connectivity index (χ1v) is 15.6. The van der Waals surface area contributed by atoms with Gasteiger partial charge in [-0.25, -0.2) is 0 Å². The van der Waals surface area contributed by atoms with E-state index in [0.717, 1.165) is 4.90 Å². The first kappa shape index (κ1) is 34.5. The van der Waals surface area contributed by atoms with Crippen LogP contribution in [-0.4, -0.2) is 51.4 Å². The summed E-state index contributed by atoms with van der Waals surface area (Å²) in [6.45, 7) is 1.93. The largest absolute Gasteiger partial charge is 0.497 e. The van der Waals surface area contributed by atoms with Gasteiger partial charge in [0.25, 0.3) is 11.8 Å². The monoisotopic (exact) mass is 655 g/mol. The van der Waals surface area contributed by atoms with E-state index in [4.69, 9.17) is 18.9 Å². The number of benzene rings is 4. The first-order chi connectivity index (χ1) is 22.8. The van der Waals surface area contributed by atoms with E-state index in [0.29, 0.717) is 51.9 Å². The van der Waals surface area contributed by atoms with Gasteiger partial charge >= 0.3 is 0 Å². The highest BCUT2D eigenvalue weighted by Crippen LogP contribution is 2.36. The van der Waals surface area contributed by atoms with Crippen LogP contribution in [0.5, 0.6) is 23.0 Å². The number of anilines is 2. The molecule has 0 aliphatic heterocycles. The van der Waals surface area contributed by atoms with E-state index in [-0.39, 0.29) is 11.6 Å². The molecule has 244 valence electrons. The number of thioether (sulfide) groups is 1. The lowest BCUT2D eigenvalue weighted by atomic mass is 10.1. The molecule has 10 nitrogen and oxygen atoms in total. The van der Waals surface area contributed by atoms with Gasteiger partial charge in [0.2, 0.25) is 5.91 Å². The molecule has 1 atom stereocenters. The molecule has 0 aromatic heterocycles. The van der Waals surface area contributed by atoms with E-state index < -0.39 is 17.1 Å². The summed E-state index contributed by atoms with van der Waals surface area (Å²) in [5.74, 6) is 0.706. The van der Waals surface area contributed by atoms with Crippen molar-refractivity contribution in [3.05, 3.63) is 108 Å². The predicted octanol–water partition coefficient (Wildman–Crippen LogP) is 6.64. The number of amides is 3. The van der Waals surface area contributed by atoms with Crippen LogP contribution in [0.1, 0.15) is 29.3 Å². The van der Waals surface area contributed by atoms with Gasteiger partial charge in [-0.1, -0.05) is 37.3 Å². The Balaban J connectivity index is 1.58. The zero-order valence-corrected chi connectivity index (χ0v) is 27.6. The number of carbonyl (C=O) groups is 3. The van der Waals surface area contributed by atoms with Crippen molar-refractivity contribution in [1.29, 1.82) is 0 Å². The summed E-state index contributed by atoms with van der Waals surface area (Å²) in [4.78, 5) is 40.8. The highest BCUT2D eigenvalue weighted by atomic mass is 32.2. The molecule has 3 N–H and O–H groups in total. The van der Waals surface area contributed by atoms with E-state index >= 15 is 0 Å². The minimum absolute atomic E-state index is 0.0356. The molecule has 0 saturated carbocycles. The fraction of sp³-hybridized carbons (Fsp3) is 0.194. The van der Waals surface area contributed by atoms with Gasteiger partial charge in [-0.2, -0.15) is 0 Å². The second-order valence-corrected chi connectivity index (χ2v) is 11.3. The normalized spacial score (nSPS) is 11.6. The number of hydrogen-bond acceptors (Lipinski definition) is 8. The van der Waals surface area contributed by atoms with Crippen molar-refractivity contribution >= 4 is 46.9 Å². The van der Waals surface area contributed by atoms with Crippen LogP contribution >= 0.6 is 11.8 Å². The van der Waals surface area contributed by atoms with Crippen LogP contribution in [0.3, 0.4) is 0 Å². The second-order valence-electron chi connectivity index (χ2n) is 10.0. The van der Waals surface area contributed by atoms with Crippen LogP contribution in [0.2, 0.25) is 0 Å². The molecule has 0 saturated heterocycles. The van der Waals surface area contributed by atoms with Crippen LogP contribution in [0.15, 0.2) is 102 Å². The molecule has 0 heterocycles. The van der Waals surface area contributed by atoms with Gasteiger partial charge < -0.3 is 34.9 Å². The van der Waals surface area contributed by atoms with Crippen molar-refractivity contribution in [2.24, 2.45) is 0 Å². The Morgan fingerprint density at radius 3 is 2.04 bits per heavy atom. The van der Waals surface area contributed by atoms with Gasteiger partial charge in [0, 0.05) is 39.5 Å². The quantitative estimate of drug-likeness (QED) is 0.102. The summed E-state index contributed by atoms with van der Waals surface area (Å²) < 4.78 is 21.6. The van der Waals surface area contributed by atoms with E-state index in [1.54, 1.807) is 92.0 Å². The molecule has 4 rings (SSSR count). The molecule has 4 aromatic rings. The third-order valence-corrected chi connectivity index (χ3v) is 8.29. The lowest BCUT2D eigenvalue weighted by Crippen LogP contribution is -2.30. The SMILES string of the molecule is CCC(Sc1cccc(NC(=O)/C(=C\c2cc(OC)c(OC)cc2OC)NC(=O)c2ccccc2)c1)C(=O)Nc1cccc(OC)c1. The van der Waals surface area contributed by atoms with Gasteiger partial charge in [-0.05, 0) is 61.0 Å². The third kappa shape index (κ3) is 9.30. The second kappa shape index (κ2) is 16.8. The van der Waals surface area contributed by atoms with E-state index in [9.17, 15) is 14.4 Å². The van der Waals surface area contributed by atoms with Crippen molar-refractivity contribution in [2.45, 2.75) is 23.5 Å². The summed E-state index contributed by atoms with van der Waals surface area (Å²) in [5.41, 5.74) is 1.92. The topological polar surface area (TPSA) is 124 Å². The Morgan fingerprint density at radius 2 is 1.38 bits per heavy atom. The molecule has 4 aromatic carbocycles. The molecular formula is C36H37N3O7S. The van der Waals surface area contributed by atoms with Crippen molar-refractivity contribution in [2.75, 3.05) is 39.1 Å². The number of rotatable bonds is 14. The summed E-state index contributed by atoms with van der Waals surface area (Å²) >= 11 is 1.38. The Labute approximate surface area is 278 Å². The molecule has 0 spiro atoms.